The highest BCUT2D eigenvalue weighted by Gasteiger charge is 2.39. The lowest BCUT2D eigenvalue weighted by Gasteiger charge is -2.27. The molecule has 0 radical (unpaired) electrons. The standard InChI is InChI=1S/C11H20N2O5/c1-3-18-5-4-12(2)11(17)13-7-8(14)6-9(13)10(15)16/h8-9,14H,3-7H2,1-2H3,(H,15,16)/t8-,9-/m1/s1. The first-order valence-electron chi connectivity index (χ1n) is 5.97. The molecule has 0 saturated carbocycles. The molecule has 0 unspecified atom stereocenters. The van der Waals surface area contributed by atoms with Crippen molar-refractivity contribution in [3.8, 4) is 0 Å². The molecule has 0 aliphatic carbocycles. The molecule has 18 heavy (non-hydrogen) atoms. The Morgan fingerprint density at radius 3 is 2.72 bits per heavy atom. The Balaban J connectivity index is 2.56. The van der Waals surface area contributed by atoms with Crippen LogP contribution in [-0.2, 0) is 9.53 Å². The van der Waals surface area contributed by atoms with Crippen LogP contribution in [0.3, 0.4) is 0 Å². The number of urea groups is 1. The first kappa shape index (κ1) is 14.7. The number of aliphatic hydroxyl groups is 1. The number of β-amino-alcohol motifs (C(OH)–C–C–N with tert-alkyl or cyclic N) is 1. The predicted octanol–water partition coefficient (Wildman–Crippen LogP) is -0.405. The molecule has 0 aromatic rings. The summed E-state index contributed by atoms with van der Waals surface area (Å²) < 4.78 is 5.13. The fraction of sp³-hybridized carbons (Fsp3) is 0.818. The van der Waals surface area contributed by atoms with Crippen molar-refractivity contribution in [2.24, 2.45) is 0 Å². The number of carbonyl (C=O) groups excluding carboxylic acids is 1. The molecule has 0 aromatic heterocycles. The lowest BCUT2D eigenvalue weighted by atomic mass is 10.2. The van der Waals surface area contributed by atoms with Crippen LogP contribution in [0, 0.1) is 0 Å². The number of likely N-dealkylation sites (tertiary alicyclic amines) is 1. The summed E-state index contributed by atoms with van der Waals surface area (Å²) in [6.45, 7) is 3.30. The monoisotopic (exact) mass is 260 g/mol. The average Bonchev–Trinajstić information content (AvgIpc) is 2.70. The second kappa shape index (κ2) is 6.55. The number of carboxylic acids is 1. The first-order valence-corrected chi connectivity index (χ1v) is 5.97. The average molecular weight is 260 g/mol. The van der Waals surface area contributed by atoms with Crippen LogP contribution in [0.1, 0.15) is 13.3 Å². The van der Waals surface area contributed by atoms with Crippen LogP contribution in [0.5, 0.6) is 0 Å². The highest BCUT2D eigenvalue weighted by Crippen LogP contribution is 2.19. The van der Waals surface area contributed by atoms with Crippen molar-refractivity contribution in [3.05, 3.63) is 0 Å². The van der Waals surface area contributed by atoms with Gasteiger partial charge in [0.2, 0.25) is 0 Å². The zero-order valence-electron chi connectivity index (χ0n) is 10.7. The third kappa shape index (κ3) is 3.58. The summed E-state index contributed by atoms with van der Waals surface area (Å²) in [5.41, 5.74) is 0. The summed E-state index contributed by atoms with van der Waals surface area (Å²) >= 11 is 0. The van der Waals surface area contributed by atoms with E-state index in [2.05, 4.69) is 0 Å². The number of carbonyl (C=O) groups is 2. The molecule has 2 N–H and O–H groups in total. The van der Waals surface area contributed by atoms with Crippen molar-refractivity contribution in [2.75, 3.05) is 33.4 Å². The number of ether oxygens (including phenoxy) is 1. The first-order chi connectivity index (χ1) is 8.47. The van der Waals surface area contributed by atoms with E-state index in [4.69, 9.17) is 9.84 Å². The summed E-state index contributed by atoms with van der Waals surface area (Å²) in [7, 11) is 1.59. The summed E-state index contributed by atoms with van der Waals surface area (Å²) in [6.07, 6.45) is -0.684. The van der Waals surface area contributed by atoms with Gasteiger partial charge in [-0.2, -0.15) is 0 Å². The van der Waals surface area contributed by atoms with Crippen LogP contribution in [0.4, 0.5) is 4.79 Å². The van der Waals surface area contributed by atoms with Crippen LogP contribution in [0.25, 0.3) is 0 Å². The van der Waals surface area contributed by atoms with Gasteiger partial charge < -0.3 is 24.7 Å². The van der Waals surface area contributed by atoms with E-state index in [0.717, 1.165) is 0 Å². The number of hydrogen-bond acceptors (Lipinski definition) is 4. The van der Waals surface area contributed by atoms with E-state index in [9.17, 15) is 14.7 Å². The molecule has 1 aliphatic rings. The van der Waals surface area contributed by atoms with Gasteiger partial charge >= 0.3 is 12.0 Å². The Morgan fingerprint density at radius 1 is 1.50 bits per heavy atom. The Kier molecular flexibility index (Phi) is 5.36. The van der Waals surface area contributed by atoms with Crippen LogP contribution >= 0.6 is 0 Å². The van der Waals surface area contributed by atoms with Gasteiger partial charge in [-0.1, -0.05) is 0 Å². The van der Waals surface area contributed by atoms with E-state index in [1.54, 1.807) is 7.05 Å². The molecule has 1 saturated heterocycles. The molecule has 1 rings (SSSR count). The van der Waals surface area contributed by atoms with Crippen LogP contribution in [0.15, 0.2) is 0 Å². The van der Waals surface area contributed by atoms with Crippen LogP contribution in [0.2, 0.25) is 0 Å². The fourth-order valence-electron chi connectivity index (χ4n) is 1.92. The van der Waals surface area contributed by atoms with Gasteiger partial charge in [0.15, 0.2) is 0 Å². The second-order valence-corrected chi connectivity index (χ2v) is 4.30. The van der Waals surface area contributed by atoms with Crippen LogP contribution < -0.4 is 0 Å². The summed E-state index contributed by atoms with van der Waals surface area (Å²) in [4.78, 5) is 25.6. The quantitative estimate of drug-likeness (QED) is 0.656. The molecule has 2 atom stereocenters. The number of rotatable bonds is 5. The Morgan fingerprint density at radius 2 is 2.17 bits per heavy atom. The molecule has 0 aromatic carbocycles. The maximum absolute atomic E-state index is 12.0. The Labute approximate surface area is 106 Å². The molecule has 0 spiro atoms. The van der Waals surface area contributed by atoms with Gasteiger partial charge in [0.05, 0.1) is 12.7 Å². The van der Waals surface area contributed by atoms with E-state index >= 15 is 0 Å². The van der Waals surface area contributed by atoms with Gasteiger partial charge in [0, 0.05) is 33.2 Å². The largest absolute Gasteiger partial charge is 0.480 e. The number of amides is 2. The fourth-order valence-corrected chi connectivity index (χ4v) is 1.92. The number of carboxylic acid groups (broad SMARTS) is 1. The van der Waals surface area contributed by atoms with Crippen molar-refractivity contribution >= 4 is 12.0 Å². The van der Waals surface area contributed by atoms with E-state index < -0.39 is 24.1 Å². The number of nitrogens with zero attached hydrogens (tertiary/aromatic N) is 2. The van der Waals surface area contributed by atoms with Crippen molar-refractivity contribution in [3.63, 3.8) is 0 Å². The molecule has 1 heterocycles. The molecule has 0 bridgehead atoms. The molecule has 7 nitrogen and oxygen atoms in total. The third-order valence-electron chi connectivity index (χ3n) is 2.91. The third-order valence-corrected chi connectivity index (χ3v) is 2.91. The van der Waals surface area contributed by atoms with Crippen molar-refractivity contribution in [1.29, 1.82) is 0 Å². The maximum atomic E-state index is 12.0. The van der Waals surface area contributed by atoms with Gasteiger partial charge in [-0.15, -0.1) is 0 Å². The molecule has 7 heteroatoms. The summed E-state index contributed by atoms with van der Waals surface area (Å²) in [5, 5.41) is 18.5. The number of hydrogen-bond donors (Lipinski definition) is 2. The number of aliphatic carboxylic acids is 1. The minimum Gasteiger partial charge on any atom is -0.480 e. The van der Waals surface area contributed by atoms with Crippen molar-refractivity contribution < 1.29 is 24.5 Å². The van der Waals surface area contributed by atoms with Gasteiger partial charge in [0.1, 0.15) is 6.04 Å². The van der Waals surface area contributed by atoms with Crippen molar-refractivity contribution in [2.45, 2.75) is 25.5 Å². The van der Waals surface area contributed by atoms with E-state index in [0.29, 0.717) is 19.8 Å². The summed E-state index contributed by atoms with van der Waals surface area (Å²) in [6, 6.07) is -1.33. The minimum absolute atomic E-state index is 0.0643. The highest BCUT2D eigenvalue weighted by atomic mass is 16.5. The molecular weight excluding hydrogens is 240 g/mol. The van der Waals surface area contributed by atoms with E-state index in [-0.39, 0.29) is 13.0 Å². The summed E-state index contributed by atoms with van der Waals surface area (Å²) in [5.74, 6) is -1.09. The number of aliphatic hydroxyl groups excluding tert-OH is 1. The SMILES string of the molecule is CCOCCN(C)C(=O)N1C[C@H](O)C[C@@H]1C(=O)O. The zero-order chi connectivity index (χ0) is 13.7. The van der Waals surface area contributed by atoms with Crippen LogP contribution in [-0.4, -0.2) is 77.5 Å². The van der Waals surface area contributed by atoms with Gasteiger partial charge in [0.25, 0.3) is 0 Å². The normalized spacial score (nSPS) is 23.2. The van der Waals surface area contributed by atoms with Gasteiger partial charge in [-0.05, 0) is 6.92 Å². The van der Waals surface area contributed by atoms with Gasteiger partial charge in [-0.25, -0.2) is 9.59 Å². The lowest BCUT2D eigenvalue weighted by molar-refractivity contribution is -0.141. The molecule has 104 valence electrons. The minimum atomic E-state index is -1.09. The topological polar surface area (TPSA) is 90.3 Å². The Bertz CT molecular complexity index is 310. The zero-order valence-corrected chi connectivity index (χ0v) is 10.7. The second-order valence-electron chi connectivity index (χ2n) is 4.30. The highest BCUT2D eigenvalue weighted by molar-refractivity contribution is 5.83. The maximum Gasteiger partial charge on any atom is 0.326 e. The smallest absolute Gasteiger partial charge is 0.326 e. The number of likely N-dealkylation sites (N-methyl/N-ethyl adjacent to an activating group) is 1. The molecular formula is C11H20N2O5. The van der Waals surface area contributed by atoms with E-state index in [1.807, 2.05) is 6.92 Å². The Hall–Kier alpha value is -1.34. The predicted molar refractivity (Wildman–Crippen MR) is 63.3 cm³/mol. The van der Waals surface area contributed by atoms with Crippen molar-refractivity contribution in [1.82, 2.24) is 9.80 Å². The molecule has 1 fully saturated rings. The molecule has 2 amide bonds. The van der Waals surface area contributed by atoms with Gasteiger partial charge in [-0.3, -0.25) is 0 Å². The lowest BCUT2D eigenvalue weighted by Crippen LogP contribution is -2.47. The molecule has 1 aliphatic heterocycles. The van der Waals surface area contributed by atoms with E-state index in [1.165, 1.54) is 9.80 Å².